The number of nitrogens with one attached hydrogen (secondary N) is 1. The molecule has 6 nitrogen and oxygen atoms in total. The first-order valence-corrected chi connectivity index (χ1v) is 12.7. The van der Waals surface area contributed by atoms with Crippen LogP contribution in [0.3, 0.4) is 0 Å². The minimum absolute atomic E-state index is 0.0143. The molecule has 1 aliphatic heterocycles. The van der Waals surface area contributed by atoms with E-state index in [4.69, 9.17) is 4.74 Å². The molecular weight excluding hydrogens is 434 g/mol. The summed E-state index contributed by atoms with van der Waals surface area (Å²) in [5.74, 6) is 1.22. The van der Waals surface area contributed by atoms with E-state index in [0.717, 1.165) is 17.7 Å². The monoisotopic (exact) mass is 471 g/mol. The summed E-state index contributed by atoms with van der Waals surface area (Å²) in [6.07, 6.45) is 0.832. The summed E-state index contributed by atoms with van der Waals surface area (Å²) < 4.78 is 6.16. The maximum Gasteiger partial charge on any atom is 0.318 e. The van der Waals surface area contributed by atoms with Crippen LogP contribution in [-0.2, 0) is 11.2 Å². The SMILES string of the molecule is CC(C)NC(=O)N(CC(=O)N1CCc2sccc2[C@H]1COc1ccc(C(C)C)cc1)C(C)C. The molecule has 0 fully saturated rings. The average molecular weight is 472 g/mol. The largest absolute Gasteiger partial charge is 0.491 e. The Morgan fingerprint density at radius 2 is 1.82 bits per heavy atom. The highest BCUT2D eigenvalue weighted by atomic mass is 32.1. The first-order valence-electron chi connectivity index (χ1n) is 11.8. The van der Waals surface area contributed by atoms with Gasteiger partial charge in [0.05, 0.1) is 6.04 Å². The Morgan fingerprint density at radius 3 is 2.42 bits per heavy atom. The van der Waals surface area contributed by atoms with Gasteiger partial charge in [-0.3, -0.25) is 4.79 Å². The molecule has 1 aliphatic rings. The van der Waals surface area contributed by atoms with Gasteiger partial charge in [-0.15, -0.1) is 11.3 Å². The van der Waals surface area contributed by atoms with Crippen molar-refractivity contribution in [1.82, 2.24) is 15.1 Å². The van der Waals surface area contributed by atoms with Crippen LogP contribution in [-0.4, -0.2) is 53.5 Å². The van der Waals surface area contributed by atoms with Gasteiger partial charge in [0, 0.05) is 23.5 Å². The van der Waals surface area contributed by atoms with Crippen LogP contribution >= 0.6 is 11.3 Å². The van der Waals surface area contributed by atoms with Crippen LogP contribution in [0.5, 0.6) is 5.75 Å². The fourth-order valence-electron chi connectivity index (χ4n) is 4.05. The van der Waals surface area contributed by atoms with Crippen molar-refractivity contribution in [1.29, 1.82) is 0 Å². The second-order valence-corrected chi connectivity index (χ2v) is 10.5. The number of thiophene rings is 1. The van der Waals surface area contributed by atoms with E-state index in [2.05, 4.69) is 42.7 Å². The zero-order valence-electron chi connectivity index (χ0n) is 20.6. The summed E-state index contributed by atoms with van der Waals surface area (Å²) >= 11 is 1.73. The van der Waals surface area contributed by atoms with E-state index in [-0.39, 0.29) is 36.6 Å². The van der Waals surface area contributed by atoms with Gasteiger partial charge in [-0.25, -0.2) is 4.79 Å². The average Bonchev–Trinajstić information content (AvgIpc) is 3.24. The number of rotatable bonds is 8. The van der Waals surface area contributed by atoms with Crippen molar-refractivity contribution in [3.05, 3.63) is 51.7 Å². The van der Waals surface area contributed by atoms with Crippen LogP contribution in [0, 0.1) is 0 Å². The van der Waals surface area contributed by atoms with Gasteiger partial charge in [0.2, 0.25) is 5.91 Å². The van der Waals surface area contributed by atoms with E-state index >= 15 is 0 Å². The normalized spacial score (nSPS) is 15.7. The summed E-state index contributed by atoms with van der Waals surface area (Å²) in [4.78, 5) is 30.9. The van der Waals surface area contributed by atoms with Crippen molar-refractivity contribution in [2.75, 3.05) is 19.7 Å². The lowest BCUT2D eigenvalue weighted by Gasteiger charge is -2.37. The molecule has 0 unspecified atom stereocenters. The fraction of sp³-hybridized carbons (Fsp3) is 0.538. The van der Waals surface area contributed by atoms with E-state index in [0.29, 0.717) is 19.1 Å². The Hall–Kier alpha value is -2.54. The Kier molecular flexibility index (Phi) is 8.40. The minimum atomic E-state index is -0.209. The molecule has 2 heterocycles. The number of carbonyl (C=O) groups excluding carboxylic acids is 2. The predicted octanol–water partition coefficient (Wildman–Crippen LogP) is 5.20. The molecular formula is C26H37N3O3S. The number of urea groups is 1. The van der Waals surface area contributed by atoms with Gasteiger partial charge in [-0.05, 0) is 74.7 Å². The third kappa shape index (κ3) is 6.28. The van der Waals surface area contributed by atoms with Gasteiger partial charge in [0.25, 0.3) is 0 Å². The molecule has 2 aromatic rings. The highest BCUT2D eigenvalue weighted by Crippen LogP contribution is 2.34. The number of hydrogen-bond donors (Lipinski definition) is 1. The van der Waals surface area contributed by atoms with Crippen molar-refractivity contribution < 1.29 is 14.3 Å². The molecule has 3 amide bonds. The zero-order chi connectivity index (χ0) is 24.1. The highest BCUT2D eigenvalue weighted by Gasteiger charge is 2.34. The molecule has 3 rings (SSSR count). The number of benzene rings is 1. The number of ether oxygens (including phenoxy) is 1. The molecule has 0 saturated heterocycles. The van der Waals surface area contributed by atoms with Crippen molar-refractivity contribution >= 4 is 23.3 Å². The molecule has 33 heavy (non-hydrogen) atoms. The maximum atomic E-state index is 13.4. The number of fused-ring (bicyclic) bond motifs is 1. The number of amides is 3. The molecule has 0 spiro atoms. The van der Waals surface area contributed by atoms with Crippen molar-refractivity contribution in [2.45, 2.75) is 72.0 Å². The maximum absolute atomic E-state index is 13.4. The number of nitrogens with zero attached hydrogens (tertiary/aromatic N) is 2. The quantitative estimate of drug-likeness (QED) is 0.575. The molecule has 1 aromatic heterocycles. The minimum Gasteiger partial charge on any atom is -0.491 e. The zero-order valence-corrected chi connectivity index (χ0v) is 21.4. The van der Waals surface area contributed by atoms with E-state index in [9.17, 15) is 9.59 Å². The van der Waals surface area contributed by atoms with Crippen molar-refractivity contribution in [2.24, 2.45) is 0 Å². The van der Waals surface area contributed by atoms with E-state index in [1.165, 1.54) is 10.4 Å². The summed E-state index contributed by atoms with van der Waals surface area (Å²) in [5, 5.41) is 4.99. The summed E-state index contributed by atoms with van der Waals surface area (Å²) in [6.45, 7) is 13.1. The van der Waals surface area contributed by atoms with Crippen molar-refractivity contribution in [3.8, 4) is 5.75 Å². The van der Waals surface area contributed by atoms with Gasteiger partial charge in [-0.2, -0.15) is 0 Å². The van der Waals surface area contributed by atoms with Crippen LogP contribution in [0.1, 0.15) is 69.5 Å². The first-order chi connectivity index (χ1) is 15.7. The lowest BCUT2D eigenvalue weighted by Crippen LogP contribution is -2.52. The Balaban J connectivity index is 1.75. The predicted molar refractivity (Wildman–Crippen MR) is 134 cm³/mol. The van der Waals surface area contributed by atoms with Gasteiger partial charge in [0.1, 0.15) is 18.9 Å². The van der Waals surface area contributed by atoms with E-state index in [1.807, 2.05) is 44.7 Å². The molecule has 0 aliphatic carbocycles. The Labute approximate surface area is 201 Å². The molecule has 7 heteroatoms. The second kappa shape index (κ2) is 11.1. The third-order valence-corrected chi connectivity index (χ3v) is 6.97. The summed E-state index contributed by atoms with van der Waals surface area (Å²) in [7, 11) is 0. The molecule has 0 saturated carbocycles. The summed E-state index contributed by atoms with van der Waals surface area (Å²) in [5.41, 5.74) is 2.42. The molecule has 1 aromatic carbocycles. The molecule has 1 atom stereocenters. The number of hydrogen-bond acceptors (Lipinski definition) is 4. The molecule has 1 N–H and O–H groups in total. The van der Waals surface area contributed by atoms with Gasteiger partial charge >= 0.3 is 6.03 Å². The molecule has 0 radical (unpaired) electrons. The van der Waals surface area contributed by atoms with Crippen LogP contribution in [0.4, 0.5) is 4.79 Å². The van der Waals surface area contributed by atoms with Gasteiger partial charge < -0.3 is 19.9 Å². The topological polar surface area (TPSA) is 61.9 Å². The second-order valence-electron chi connectivity index (χ2n) is 9.51. The smallest absolute Gasteiger partial charge is 0.318 e. The van der Waals surface area contributed by atoms with Crippen molar-refractivity contribution in [3.63, 3.8) is 0 Å². The lowest BCUT2D eigenvalue weighted by atomic mass is 10.00. The third-order valence-electron chi connectivity index (χ3n) is 5.97. The summed E-state index contributed by atoms with van der Waals surface area (Å²) in [6, 6.07) is 9.83. The standard InChI is InChI=1S/C26H37N3O3S/c1-17(2)20-7-9-21(10-8-20)32-16-23-22-12-14-33-24(22)11-13-28(23)25(30)15-29(19(5)6)26(31)27-18(3)4/h7-10,12,14,17-19,23H,11,13,15-16H2,1-6H3,(H,27,31)/t23-/m1/s1. The van der Waals surface area contributed by atoms with E-state index < -0.39 is 0 Å². The molecule has 180 valence electrons. The van der Waals surface area contributed by atoms with Crippen LogP contribution in [0.2, 0.25) is 0 Å². The number of carbonyl (C=O) groups is 2. The van der Waals surface area contributed by atoms with Crippen LogP contribution < -0.4 is 10.1 Å². The first kappa shape index (κ1) is 25.1. The van der Waals surface area contributed by atoms with Crippen LogP contribution in [0.25, 0.3) is 0 Å². The van der Waals surface area contributed by atoms with Gasteiger partial charge in [0.15, 0.2) is 0 Å². The molecule has 0 bridgehead atoms. The van der Waals surface area contributed by atoms with Gasteiger partial charge in [-0.1, -0.05) is 26.0 Å². The Morgan fingerprint density at radius 1 is 1.12 bits per heavy atom. The highest BCUT2D eigenvalue weighted by molar-refractivity contribution is 7.10. The van der Waals surface area contributed by atoms with Crippen LogP contribution in [0.15, 0.2) is 35.7 Å². The van der Waals surface area contributed by atoms with E-state index in [1.54, 1.807) is 16.2 Å². The lowest BCUT2D eigenvalue weighted by molar-refractivity contribution is -0.135. The Bertz CT molecular complexity index is 937. The fourth-order valence-corrected chi connectivity index (χ4v) is 4.98.